The number of rotatable bonds is 3. The Balaban J connectivity index is 1.73. The Hall–Kier alpha value is 0.220. The Labute approximate surface area is 108 Å². The molecule has 17 heavy (non-hydrogen) atoms. The standard InChI is InChI=1S/C11H22N2O2S2/c14-17(15)9-3-12-11(10-17)2-5-13-4-1-7-16-8-6-13/h11-12H,1-10H2. The third-order valence-electron chi connectivity index (χ3n) is 3.41. The van der Waals surface area contributed by atoms with E-state index in [-0.39, 0.29) is 6.04 Å². The fourth-order valence-electron chi connectivity index (χ4n) is 2.41. The highest BCUT2D eigenvalue weighted by Crippen LogP contribution is 2.12. The first-order valence-corrected chi connectivity index (χ1v) is 9.37. The van der Waals surface area contributed by atoms with Gasteiger partial charge in [0.2, 0.25) is 0 Å². The van der Waals surface area contributed by atoms with E-state index in [0.29, 0.717) is 18.1 Å². The van der Waals surface area contributed by atoms with Gasteiger partial charge in [0.15, 0.2) is 9.84 Å². The van der Waals surface area contributed by atoms with Gasteiger partial charge >= 0.3 is 0 Å². The molecule has 1 N–H and O–H groups in total. The Kier molecular flexibility index (Phi) is 5.14. The number of hydrogen-bond acceptors (Lipinski definition) is 5. The fraction of sp³-hybridized carbons (Fsp3) is 1.00. The quantitative estimate of drug-likeness (QED) is 0.799. The van der Waals surface area contributed by atoms with Gasteiger partial charge in [-0.05, 0) is 31.7 Å². The van der Waals surface area contributed by atoms with Crippen molar-refractivity contribution in [2.45, 2.75) is 18.9 Å². The molecule has 0 aliphatic carbocycles. The molecule has 0 aromatic rings. The highest BCUT2D eigenvalue weighted by atomic mass is 32.2. The van der Waals surface area contributed by atoms with E-state index in [1.807, 2.05) is 11.8 Å². The van der Waals surface area contributed by atoms with Crippen LogP contribution in [0.4, 0.5) is 0 Å². The summed E-state index contributed by atoms with van der Waals surface area (Å²) in [7, 11) is -2.78. The molecule has 1 atom stereocenters. The predicted molar refractivity (Wildman–Crippen MR) is 73.4 cm³/mol. The summed E-state index contributed by atoms with van der Waals surface area (Å²) in [6.45, 7) is 3.99. The second-order valence-corrected chi connectivity index (χ2v) is 8.32. The number of thioether (sulfide) groups is 1. The second kappa shape index (κ2) is 6.41. The zero-order chi connectivity index (χ0) is 12.1. The summed E-state index contributed by atoms with van der Waals surface area (Å²) in [4.78, 5) is 2.48. The fourth-order valence-corrected chi connectivity index (χ4v) is 4.83. The van der Waals surface area contributed by atoms with Gasteiger partial charge in [-0.1, -0.05) is 0 Å². The maximum atomic E-state index is 11.5. The van der Waals surface area contributed by atoms with Gasteiger partial charge in [-0.25, -0.2) is 8.42 Å². The maximum Gasteiger partial charge on any atom is 0.153 e. The molecule has 0 amide bonds. The summed E-state index contributed by atoms with van der Waals surface area (Å²) in [6, 6.07) is 0.171. The lowest BCUT2D eigenvalue weighted by atomic mass is 10.2. The zero-order valence-electron chi connectivity index (χ0n) is 10.2. The average molecular weight is 278 g/mol. The summed E-state index contributed by atoms with van der Waals surface area (Å²) in [5.74, 6) is 3.13. The minimum atomic E-state index is -2.78. The second-order valence-electron chi connectivity index (χ2n) is 4.86. The minimum absolute atomic E-state index is 0.171. The van der Waals surface area contributed by atoms with Crippen molar-refractivity contribution in [1.29, 1.82) is 0 Å². The van der Waals surface area contributed by atoms with Crippen LogP contribution < -0.4 is 5.32 Å². The lowest BCUT2D eigenvalue weighted by Gasteiger charge is -2.27. The molecule has 0 spiro atoms. The number of nitrogens with one attached hydrogen (secondary N) is 1. The van der Waals surface area contributed by atoms with E-state index in [0.717, 1.165) is 19.5 Å². The van der Waals surface area contributed by atoms with E-state index in [1.54, 1.807) is 0 Å². The first-order valence-electron chi connectivity index (χ1n) is 6.40. The van der Waals surface area contributed by atoms with E-state index in [1.165, 1.54) is 24.5 Å². The van der Waals surface area contributed by atoms with Crippen LogP contribution in [-0.4, -0.2) is 68.5 Å². The van der Waals surface area contributed by atoms with Crippen molar-refractivity contribution in [2.75, 3.05) is 49.2 Å². The smallest absolute Gasteiger partial charge is 0.153 e. The van der Waals surface area contributed by atoms with Gasteiger partial charge in [-0.15, -0.1) is 0 Å². The van der Waals surface area contributed by atoms with Crippen LogP contribution in [0.2, 0.25) is 0 Å². The summed E-state index contributed by atoms with van der Waals surface area (Å²) in [5, 5.41) is 3.32. The topological polar surface area (TPSA) is 49.4 Å². The summed E-state index contributed by atoms with van der Waals surface area (Å²) >= 11 is 2.03. The number of hydrogen-bond donors (Lipinski definition) is 1. The normalized spacial score (nSPS) is 30.9. The molecule has 0 aromatic carbocycles. The van der Waals surface area contributed by atoms with Gasteiger partial charge in [0.05, 0.1) is 11.5 Å². The molecule has 2 fully saturated rings. The first kappa shape index (κ1) is 13.6. The van der Waals surface area contributed by atoms with Crippen molar-refractivity contribution < 1.29 is 8.42 Å². The lowest BCUT2D eigenvalue weighted by Crippen LogP contribution is -2.46. The van der Waals surface area contributed by atoms with Crippen LogP contribution in [-0.2, 0) is 9.84 Å². The molecule has 2 rings (SSSR count). The van der Waals surface area contributed by atoms with Crippen molar-refractivity contribution >= 4 is 21.6 Å². The molecule has 6 heteroatoms. The van der Waals surface area contributed by atoms with E-state index < -0.39 is 9.84 Å². The third-order valence-corrected chi connectivity index (χ3v) is 6.19. The molecule has 4 nitrogen and oxygen atoms in total. The number of sulfone groups is 1. The SMILES string of the molecule is O=S1(=O)CCNC(CCN2CCCSCC2)C1. The molecule has 2 aliphatic heterocycles. The van der Waals surface area contributed by atoms with Crippen molar-refractivity contribution in [1.82, 2.24) is 10.2 Å². The highest BCUT2D eigenvalue weighted by molar-refractivity contribution is 7.99. The van der Waals surface area contributed by atoms with Crippen LogP contribution >= 0.6 is 11.8 Å². The van der Waals surface area contributed by atoms with Crippen molar-refractivity contribution in [3.63, 3.8) is 0 Å². The summed E-state index contributed by atoms with van der Waals surface area (Å²) in [6.07, 6.45) is 2.23. The van der Waals surface area contributed by atoms with Gasteiger partial charge in [0, 0.05) is 24.9 Å². The molecule has 0 aromatic heterocycles. The molecular weight excluding hydrogens is 256 g/mol. The summed E-state index contributed by atoms with van der Waals surface area (Å²) < 4.78 is 23.0. The van der Waals surface area contributed by atoms with Crippen LogP contribution in [0, 0.1) is 0 Å². The predicted octanol–water partition coefficient (Wildman–Crippen LogP) is 0.202. The monoisotopic (exact) mass is 278 g/mol. The molecule has 0 saturated carbocycles. The molecule has 0 bridgehead atoms. The van der Waals surface area contributed by atoms with Gasteiger partial charge < -0.3 is 10.2 Å². The Bertz CT molecular complexity index is 324. The van der Waals surface area contributed by atoms with E-state index in [9.17, 15) is 8.42 Å². The Morgan fingerprint density at radius 1 is 1.29 bits per heavy atom. The Morgan fingerprint density at radius 3 is 3.00 bits per heavy atom. The maximum absolute atomic E-state index is 11.5. The van der Waals surface area contributed by atoms with Crippen LogP contribution in [0.15, 0.2) is 0 Å². The zero-order valence-corrected chi connectivity index (χ0v) is 11.9. The molecule has 2 aliphatic rings. The van der Waals surface area contributed by atoms with Gasteiger partial charge in [0.25, 0.3) is 0 Å². The van der Waals surface area contributed by atoms with Crippen molar-refractivity contribution in [2.24, 2.45) is 0 Å². The lowest BCUT2D eigenvalue weighted by molar-refractivity contribution is 0.277. The Morgan fingerprint density at radius 2 is 2.18 bits per heavy atom. The molecule has 100 valence electrons. The van der Waals surface area contributed by atoms with Crippen LogP contribution in [0.25, 0.3) is 0 Å². The summed E-state index contributed by atoms with van der Waals surface area (Å²) in [5.41, 5.74) is 0. The van der Waals surface area contributed by atoms with E-state index >= 15 is 0 Å². The van der Waals surface area contributed by atoms with Crippen LogP contribution in [0.1, 0.15) is 12.8 Å². The first-order chi connectivity index (χ1) is 8.16. The molecular formula is C11H22N2O2S2. The average Bonchev–Trinajstić information content (AvgIpc) is 2.53. The molecule has 2 heterocycles. The van der Waals surface area contributed by atoms with Crippen molar-refractivity contribution in [3.8, 4) is 0 Å². The third kappa shape index (κ3) is 4.77. The van der Waals surface area contributed by atoms with Crippen LogP contribution in [0.3, 0.4) is 0 Å². The van der Waals surface area contributed by atoms with Gasteiger partial charge in [-0.2, -0.15) is 11.8 Å². The highest BCUT2D eigenvalue weighted by Gasteiger charge is 2.24. The van der Waals surface area contributed by atoms with E-state index in [4.69, 9.17) is 0 Å². The van der Waals surface area contributed by atoms with Crippen molar-refractivity contribution in [3.05, 3.63) is 0 Å². The largest absolute Gasteiger partial charge is 0.312 e. The van der Waals surface area contributed by atoms with Gasteiger partial charge in [-0.3, -0.25) is 0 Å². The molecule has 0 radical (unpaired) electrons. The van der Waals surface area contributed by atoms with Crippen LogP contribution in [0.5, 0.6) is 0 Å². The molecule has 1 unspecified atom stereocenters. The number of nitrogens with zero attached hydrogens (tertiary/aromatic N) is 1. The minimum Gasteiger partial charge on any atom is -0.312 e. The van der Waals surface area contributed by atoms with E-state index in [2.05, 4.69) is 10.2 Å². The molecule has 2 saturated heterocycles. The van der Waals surface area contributed by atoms with Gasteiger partial charge in [0.1, 0.15) is 0 Å².